The molecule has 0 amide bonds. The van der Waals surface area contributed by atoms with Crippen LogP contribution in [0.15, 0.2) is 16.5 Å². The molecule has 0 aliphatic carbocycles. The summed E-state index contributed by atoms with van der Waals surface area (Å²) in [7, 11) is 0. The maximum atomic E-state index is 5.69. The zero-order valence-corrected chi connectivity index (χ0v) is 9.57. The number of nitrogens with two attached hydrogens (primary N) is 1. The maximum Gasteiger partial charge on any atom is 0.121 e. The second-order valence-electron chi connectivity index (χ2n) is 4.51. The molecule has 2 unspecified atom stereocenters. The molecule has 2 rings (SSSR count). The van der Waals surface area contributed by atoms with Crippen molar-refractivity contribution in [1.29, 1.82) is 0 Å². The van der Waals surface area contributed by atoms with Gasteiger partial charge in [-0.05, 0) is 51.4 Å². The lowest BCUT2D eigenvalue weighted by Crippen LogP contribution is -2.25. The minimum Gasteiger partial charge on any atom is -0.465 e. The summed E-state index contributed by atoms with van der Waals surface area (Å²) >= 11 is 0. The number of furan rings is 1. The van der Waals surface area contributed by atoms with Gasteiger partial charge in [0.1, 0.15) is 11.5 Å². The Kier molecular flexibility index (Phi) is 3.12. The van der Waals surface area contributed by atoms with Crippen molar-refractivity contribution >= 4 is 0 Å². The molecule has 0 bridgehead atoms. The molecule has 1 aliphatic heterocycles. The van der Waals surface area contributed by atoms with Crippen molar-refractivity contribution in [2.75, 3.05) is 19.6 Å². The summed E-state index contributed by atoms with van der Waals surface area (Å²) in [5, 5.41) is 0. The Bertz CT molecular complexity index is 321. The van der Waals surface area contributed by atoms with Gasteiger partial charge in [0.25, 0.3) is 0 Å². The fourth-order valence-electron chi connectivity index (χ4n) is 2.26. The molecule has 1 aliphatic rings. The van der Waals surface area contributed by atoms with Crippen LogP contribution < -0.4 is 5.73 Å². The van der Waals surface area contributed by atoms with Gasteiger partial charge in [-0.2, -0.15) is 0 Å². The predicted molar refractivity (Wildman–Crippen MR) is 60.6 cm³/mol. The van der Waals surface area contributed by atoms with Crippen molar-refractivity contribution < 1.29 is 4.42 Å². The molecule has 0 spiro atoms. The van der Waals surface area contributed by atoms with Crippen LogP contribution in [0, 0.1) is 12.8 Å². The Hall–Kier alpha value is -0.800. The van der Waals surface area contributed by atoms with Crippen molar-refractivity contribution in [3.05, 3.63) is 23.7 Å². The zero-order chi connectivity index (χ0) is 10.8. The Morgan fingerprint density at radius 1 is 1.60 bits per heavy atom. The van der Waals surface area contributed by atoms with Gasteiger partial charge in [-0.15, -0.1) is 0 Å². The van der Waals surface area contributed by atoms with Crippen LogP contribution in [0.2, 0.25) is 0 Å². The number of hydrogen-bond acceptors (Lipinski definition) is 3. The number of aryl methyl sites for hydroxylation is 1. The van der Waals surface area contributed by atoms with E-state index >= 15 is 0 Å². The number of likely N-dealkylation sites (tertiary alicyclic amines) is 1. The van der Waals surface area contributed by atoms with Gasteiger partial charge in [-0.25, -0.2) is 0 Å². The van der Waals surface area contributed by atoms with Crippen LogP contribution in [0.25, 0.3) is 0 Å². The molecule has 0 radical (unpaired) electrons. The molecule has 1 saturated heterocycles. The van der Waals surface area contributed by atoms with Gasteiger partial charge >= 0.3 is 0 Å². The average Bonchev–Trinajstić information content (AvgIpc) is 2.84. The van der Waals surface area contributed by atoms with Crippen LogP contribution in [0.1, 0.15) is 30.9 Å². The summed E-state index contributed by atoms with van der Waals surface area (Å²) in [6.07, 6.45) is 1.22. The molecule has 1 fully saturated rings. The fraction of sp³-hybridized carbons (Fsp3) is 0.667. The molecule has 3 nitrogen and oxygen atoms in total. The lowest BCUT2D eigenvalue weighted by Gasteiger charge is -2.22. The molecular formula is C12H20N2O. The summed E-state index contributed by atoms with van der Waals surface area (Å²) in [6.45, 7) is 7.25. The third-order valence-electron chi connectivity index (χ3n) is 3.37. The first-order valence-corrected chi connectivity index (χ1v) is 5.71. The molecule has 15 heavy (non-hydrogen) atoms. The number of rotatable bonds is 3. The number of hydrogen-bond donors (Lipinski definition) is 1. The molecular weight excluding hydrogens is 188 g/mol. The van der Waals surface area contributed by atoms with Gasteiger partial charge < -0.3 is 10.2 Å². The summed E-state index contributed by atoms with van der Waals surface area (Å²) in [4.78, 5) is 2.45. The van der Waals surface area contributed by atoms with E-state index < -0.39 is 0 Å². The van der Waals surface area contributed by atoms with Crippen LogP contribution in [0.3, 0.4) is 0 Å². The molecule has 84 valence electrons. The van der Waals surface area contributed by atoms with Gasteiger partial charge in [-0.3, -0.25) is 4.90 Å². The van der Waals surface area contributed by atoms with E-state index in [4.69, 9.17) is 10.2 Å². The Morgan fingerprint density at radius 3 is 2.93 bits per heavy atom. The Labute approximate surface area is 91.2 Å². The van der Waals surface area contributed by atoms with E-state index in [1.54, 1.807) is 0 Å². The van der Waals surface area contributed by atoms with Crippen molar-refractivity contribution in [1.82, 2.24) is 4.90 Å². The predicted octanol–water partition coefficient (Wildman–Crippen LogP) is 1.93. The normalized spacial score (nSPS) is 24.6. The van der Waals surface area contributed by atoms with Gasteiger partial charge in [0.15, 0.2) is 0 Å². The van der Waals surface area contributed by atoms with E-state index in [0.29, 0.717) is 12.0 Å². The third-order valence-corrected chi connectivity index (χ3v) is 3.37. The van der Waals surface area contributed by atoms with E-state index in [2.05, 4.69) is 17.9 Å². The Balaban J connectivity index is 2.00. The first kappa shape index (κ1) is 10.7. The highest BCUT2D eigenvalue weighted by Gasteiger charge is 2.27. The maximum absolute atomic E-state index is 5.69. The first-order chi connectivity index (χ1) is 7.20. The Morgan fingerprint density at radius 2 is 2.40 bits per heavy atom. The smallest absolute Gasteiger partial charge is 0.121 e. The molecule has 2 heterocycles. The largest absolute Gasteiger partial charge is 0.465 e. The quantitative estimate of drug-likeness (QED) is 0.825. The fourth-order valence-corrected chi connectivity index (χ4v) is 2.26. The van der Waals surface area contributed by atoms with Crippen LogP contribution in [0.5, 0.6) is 0 Å². The van der Waals surface area contributed by atoms with Gasteiger partial charge in [-0.1, -0.05) is 0 Å². The molecule has 1 aromatic rings. The van der Waals surface area contributed by atoms with E-state index in [1.807, 2.05) is 13.0 Å². The van der Waals surface area contributed by atoms with Crippen molar-refractivity contribution in [3.8, 4) is 0 Å². The highest BCUT2D eigenvalue weighted by molar-refractivity contribution is 5.09. The van der Waals surface area contributed by atoms with Gasteiger partial charge in [0.05, 0.1) is 6.04 Å². The summed E-state index contributed by atoms with van der Waals surface area (Å²) in [5.41, 5.74) is 5.69. The molecule has 0 aromatic carbocycles. The molecule has 3 heteroatoms. The summed E-state index contributed by atoms with van der Waals surface area (Å²) in [5.74, 6) is 2.74. The van der Waals surface area contributed by atoms with Crippen molar-refractivity contribution in [2.45, 2.75) is 26.3 Å². The summed E-state index contributed by atoms with van der Waals surface area (Å²) in [6, 6.07) is 4.49. The van der Waals surface area contributed by atoms with Crippen molar-refractivity contribution in [2.24, 2.45) is 11.7 Å². The van der Waals surface area contributed by atoms with Crippen LogP contribution in [0.4, 0.5) is 0 Å². The monoisotopic (exact) mass is 208 g/mol. The van der Waals surface area contributed by atoms with E-state index in [0.717, 1.165) is 31.2 Å². The average molecular weight is 208 g/mol. The van der Waals surface area contributed by atoms with Crippen LogP contribution in [-0.2, 0) is 0 Å². The zero-order valence-electron chi connectivity index (χ0n) is 9.57. The second kappa shape index (κ2) is 4.37. The van der Waals surface area contributed by atoms with E-state index in [-0.39, 0.29) is 0 Å². The summed E-state index contributed by atoms with van der Waals surface area (Å²) < 4.78 is 5.65. The third kappa shape index (κ3) is 2.24. The minimum atomic E-state index is 0.384. The van der Waals surface area contributed by atoms with E-state index in [1.165, 1.54) is 6.42 Å². The van der Waals surface area contributed by atoms with Crippen LogP contribution >= 0.6 is 0 Å². The lowest BCUT2D eigenvalue weighted by atomic mass is 10.1. The van der Waals surface area contributed by atoms with Crippen molar-refractivity contribution in [3.63, 3.8) is 0 Å². The standard InChI is InChI=1S/C12H20N2O/c1-9-3-4-12(15-9)10(2)14-6-5-11(7-13)8-14/h3-4,10-11H,5-8,13H2,1-2H3. The lowest BCUT2D eigenvalue weighted by molar-refractivity contribution is 0.222. The van der Waals surface area contributed by atoms with Crippen LogP contribution in [-0.4, -0.2) is 24.5 Å². The highest BCUT2D eigenvalue weighted by atomic mass is 16.3. The molecule has 2 N–H and O–H groups in total. The topological polar surface area (TPSA) is 42.4 Å². The molecule has 1 aromatic heterocycles. The molecule has 2 atom stereocenters. The van der Waals surface area contributed by atoms with E-state index in [9.17, 15) is 0 Å². The molecule has 0 saturated carbocycles. The van der Waals surface area contributed by atoms with Gasteiger partial charge in [0, 0.05) is 6.54 Å². The highest BCUT2D eigenvalue weighted by Crippen LogP contribution is 2.27. The first-order valence-electron chi connectivity index (χ1n) is 5.71. The second-order valence-corrected chi connectivity index (χ2v) is 4.51. The number of nitrogens with zero attached hydrogens (tertiary/aromatic N) is 1. The van der Waals surface area contributed by atoms with Gasteiger partial charge in [0.2, 0.25) is 0 Å². The minimum absolute atomic E-state index is 0.384. The SMILES string of the molecule is Cc1ccc(C(C)N2CCC(CN)C2)o1.